The number of carbonyl (C=O) groups excluding carboxylic acids is 2. The average molecular weight is 397 g/mol. The van der Waals surface area contributed by atoms with Gasteiger partial charge in [-0.15, -0.1) is 11.3 Å². The van der Waals surface area contributed by atoms with Crippen molar-refractivity contribution >= 4 is 29.0 Å². The Morgan fingerprint density at radius 3 is 2.18 bits per heavy atom. The van der Waals surface area contributed by atoms with Crippen LogP contribution in [0.1, 0.15) is 37.1 Å². The van der Waals surface area contributed by atoms with E-state index in [9.17, 15) is 9.59 Å². The first-order valence-corrected chi connectivity index (χ1v) is 10.1. The molecule has 146 valence electrons. The van der Waals surface area contributed by atoms with Crippen LogP contribution >= 0.6 is 11.3 Å². The molecule has 0 aliphatic carbocycles. The highest BCUT2D eigenvalue weighted by molar-refractivity contribution is 7.10. The van der Waals surface area contributed by atoms with E-state index in [2.05, 4.69) is 5.32 Å². The summed E-state index contributed by atoms with van der Waals surface area (Å²) in [5.41, 5.74) is 3.04. The van der Waals surface area contributed by atoms with Gasteiger partial charge in [-0.3, -0.25) is 0 Å². The van der Waals surface area contributed by atoms with Crippen LogP contribution in [0.25, 0.3) is 5.70 Å². The number of benzene rings is 1. The van der Waals surface area contributed by atoms with E-state index < -0.39 is 17.9 Å². The predicted molar refractivity (Wildman–Crippen MR) is 110 cm³/mol. The molecular formula is C22H23NO4S. The average Bonchev–Trinajstić information content (AvgIpc) is 3.22. The summed E-state index contributed by atoms with van der Waals surface area (Å²) in [6.07, 6.45) is 0. The van der Waals surface area contributed by atoms with Crippen LogP contribution in [-0.2, 0) is 19.1 Å². The van der Waals surface area contributed by atoms with Crippen LogP contribution in [0.2, 0.25) is 0 Å². The first-order chi connectivity index (χ1) is 13.6. The molecule has 0 fully saturated rings. The van der Waals surface area contributed by atoms with Crippen molar-refractivity contribution in [3.05, 3.63) is 75.1 Å². The highest BCUT2D eigenvalue weighted by atomic mass is 32.1. The highest BCUT2D eigenvalue weighted by Gasteiger charge is 2.39. The van der Waals surface area contributed by atoms with Gasteiger partial charge in [0.05, 0.1) is 36.0 Å². The topological polar surface area (TPSA) is 64.6 Å². The van der Waals surface area contributed by atoms with Gasteiger partial charge in [0.1, 0.15) is 0 Å². The van der Waals surface area contributed by atoms with Gasteiger partial charge in [-0.1, -0.05) is 36.4 Å². The maximum absolute atomic E-state index is 13.0. The molecule has 1 N–H and O–H groups in total. The van der Waals surface area contributed by atoms with Gasteiger partial charge >= 0.3 is 11.9 Å². The van der Waals surface area contributed by atoms with E-state index in [0.717, 1.165) is 10.4 Å². The van der Waals surface area contributed by atoms with E-state index in [1.165, 1.54) is 11.3 Å². The number of carbonyl (C=O) groups is 2. The normalized spacial score (nSPS) is 16.6. The third-order valence-electron chi connectivity index (χ3n) is 4.44. The van der Waals surface area contributed by atoms with Gasteiger partial charge in [-0.05, 0) is 37.8 Å². The molecule has 28 heavy (non-hydrogen) atoms. The number of hydrogen-bond acceptors (Lipinski definition) is 6. The predicted octanol–water partition coefficient (Wildman–Crippen LogP) is 4.25. The largest absolute Gasteiger partial charge is 0.463 e. The maximum atomic E-state index is 13.0. The smallest absolute Gasteiger partial charge is 0.337 e. The molecule has 1 atom stereocenters. The molecule has 0 spiro atoms. The molecule has 5 nitrogen and oxygen atoms in total. The molecule has 3 rings (SSSR count). The lowest BCUT2D eigenvalue weighted by Gasteiger charge is -2.31. The summed E-state index contributed by atoms with van der Waals surface area (Å²) in [5.74, 6) is -1.42. The van der Waals surface area contributed by atoms with Crippen LogP contribution in [-0.4, -0.2) is 25.2 Å². The summed E-state index contributed by atoms with van der Waals surface area (Å²) in [4.78, 5) is 26.7. The third kappa shape index (κ3) is 3.87. The molecule has 0 saturated carbocycles. The van der Waals surface area contributed by atoms with Gasteiger partial charge in [-0.25, -0.2) is 9.59 Å². The van der Waals surface area contributed by atoms with Gasteiger partial charge in [-0.2, -0.15) is 0 Å². The molecule has 0 radical (unpaired) electrons. The van der Waals surface area contributed by atoms with E-state index in [0.29, 0.717) is 22.5 Å². The van der Waals surface area contributed by atoms with Gasteiger partial charge < -0.3 is 14.8 Å². The first-order valence-electron chi connectivity index (χ1n) is 9.23. The standard InChI is InChI=1S/C22H23NO4S/c1-4-26-21(24)17-14(3)23-20(15-10-7-6-8-11-15)19(22(25)27-5-2)18(17)16-12-9-13-28-16/h6-13,18,23H,4-5H2,1-3H3/t18-/m0/s1. The number of thiophene rings is 1. The second kappa shape index (κ2) is 8.89. The molecule has 1 aliphatic heterocycles. The van der Waals surface area contributed by atoms with Crippen molar-refractivity contribution in [2.45, 2.75) is 26.7 Å². The first kappa shape index (κ1) is 19.9. The molecule has 0 unspecified atom stereocenters. The molecule has 2 aromatic rings. The maximum Gasteiger partial charge on any atom is 0.337 e. The Hall–Kier alpha value is -2.86. The zero-order valence-corrected chi connectivity index (χ0v) is 17.0. The van der Waals surface area contributed by atoms with Gasteiger partial charge in [0.15, 0.2) is 0 Å². The zero-order chi connectivity index (χ0) is 20.1. The summed E-state index contributed by atoms with van der Waals surface area (Å²) >= 11 is 1.50. The second-order valence-corrected chi connectivity index (χ2v) is 7.19. The minimum atomic E-state index is -0.547. The van der Waals surface area contributed by atoms with Gasteiger partial charge in [0.25, 0.3) is 0 Å². The van der Waals surface area contributed by atoms with Crippen LogP contribution in [0, 0.1) is 0 Å². The fourth-order valence-corrected chi connectivity index (χ4v) is 4.15. The van der Waals surface area contributed by atoms with Crippen LogP contribution in [0.3, 0.4) is 0 Å². The van der Waals surface area contributed by atoms with E-state index in [1.807, 2.05) is 54.8 Å². The molecular weight excluding hydrogens is 374 g/mol. The molecule has 0 saturated heterocycles. The van der Waals surface area contributed by atoms with Crippen molar-refractivity contribution < 1.29 is 19.1 Å². The molecule has 1 aliphatic rings. The Morgan fingerprint density at radius 2 is 1.61 bits per heavy atom. The lowest BCUT2D eigenvalue weighted by atomic mass is 9.82. The lowest BCUT2D eigenvalue weighted by Crippen LogP contribution is -2.32. The molecule has 6 heteroatoms. The van der Waals surface area contributed by atoms with Crippen molar-refractivity contribution in [1.29, 1.82) is 0 Å². The van der Waals surface area contributed by atoms with E-state index >= 15 is 0 Å². The van der Waals surface area contributed by atoms with Crippen LogP contribution in [0.5, 0.6) is 0 Å². The van der Waals surface area contributed by atoms with Gasteiger partial charge in [0, 0.05) is 10.6 Å². The van der Waals surface area contributed by atoms with Crippen molar-refractivity contribution in [1.82, 2.24) is 5.32 Å². The summed E-state index contributed by atoms with van der Waals surface area (Å²) in [5, 5.41) is 5.20. The zero-order valence-electron chi connectivity index (χ0n) is 16.2. The SMILES string of the molecule is CCOC(=O)C1=C(C)NC(c2ccccc2)=C(C(=O)OCC)[C@H]1c1cccs1. The number of esters is 2. The monoisotopic (exact) mass is 397 g/mol. The lowest BCUT2D eigenvalue weighted by molar-refractivity contribution is -0.139. The molecule has 2 heterocycles. The Labute approximate surface area is 168 Å². The Bertz CT molecular complexity index is 913. The molecule has 1 aromatic carbocycles. The minimum Gasteiger partial charge on any atom is -0.463 e. The van der Waals surface area contributed by atoms with Crippen LogP contribution in [0.4, 0.5) is 0 Å². The van der Waals surface area contributed by atoms with E-state index in [4.69, 9.17) is 9.47 Å². The number of allylic oxidation sites excluding steroid dienone is 1. The second-order valence-electron chi connectivity index (χ2n) is 6.21. The van der Waals surface area contributed by atoms with Crippen molar-refractivity contribution in [3.63, 3.8) is 0 Å². The Morgan fingerprint density at radius 1 is 0.964 bits per heavy atom. The Balaban J connectivity index is 2.24. The van der Waals surface area contributed by atoms with E-state index in [1.54, 1.807) is 13.8 Å². The van der Waals surface area contributed by atoms with Gasteiger partial charge in [0.2, 0.25) is 0 Å². The third-order valence-corrected chi connectivity index (χ3v) is 5.38. The fraction of sp³-hybridized carbons (Fsp3) is 0.273. The Kier molecular flexibility index (Phi) is 6.31. The minimum absolute atomic E-state index is 0.249. The number of hydrogen-bond donors (Lipinski definition) is 1. The summed E-state index contributed by atoms with van der Waals surface area (Å²) < 4.78 is 10.7. The number of nitrogens with one attached hydrogen (secondary N) is 1. The number of ether oxygens (including phenoxy) is 2. The summed E-state index contributed by atoms with van der Waals surface area (Å²) in [6.45, 7) is 5.87. The summed E-state index contributed by atoms with van der Waals surface area (Å²) in [7, 11) is 0. The highest BCUT2D eigenvalue weighted by Crippen LogP contribution is 2.43. The van der Waals surface area contributed by atoms with Crippen molar-refractivity contribution in [3.8, 4) is 0 Å². The molecule has 0 bridgehead atoms. The van der Waals surface area contributed by atoms with Crippen molar-refractivity contribution in [2.24, 2.45) is 0 Å². The van der Waals surface area contributed by atoms with E-state index in [-0.39, 0.29) is 13.2 Å². The van der Waals surface area contributed by atoms with Crippen LogP contribution < -0.4 is 5.32 Å². The summed E-state index contributed by atoms with van der Waals surface area (Å²) in [6, 6.07) is 13.4. The van der Waals surface area contributed by atoms with Crippen molar-refractivity contribution in [2.75, 3.05) is 13.2 Å². The number of rotatable bonds is 6. The fourth-order valence-electron chi connectivity index (χ4n) is 3.31. The van der Waals surface area contributed by atoms with Crippen LogP contribution in [0.15, 0.2) is 64.7 Å². The molecule has 1 aromatic heterocycles. The quantitative estimate of drug-likeness (QED) is 0.739. The number of dihydropyridines is 1. The molecule has 0 amide bonds.